The van der Waals surface area contributed by atoms with Gasteiger partial charge in [-0.3, -0.25) is 4.79 Å². The quantitative estimate of drug-likeness (QED) is 0.621. The fourth-order valence-corrected chi connectivity index (χ4v) is 1.62. The number of rotatable bonds is 7. The fraction of sp³-hybridized carbons (Fsp3) is 0.688. The molecule has 1 amide bonds. The highest BCUT2D eigenvalue weighted by atomic mass is 16.2. The first kappa shape index (κ1) is 16.9. The van der Waals surface area contributed by atoms with Crippen LogP contribution in [-0.4, -0.2) is 24.4 Å². The maximum Gasteiger partial charge on any atom is 0.225 e. The zero-order chi connectivity index (χ0) is 14.1. The molecule has 0 aliphatic carbocycles. The SMILES string of the molecule is CCC(C)C(=O)N(C)CC=C(C)CCC=C(C)C. The third kappa shape index (κ3) is 7.31. The van der Waals surface area contributed by atoms with Crippen LogP contribution in [0.2, 0.25) is 0 Å². The third-order valence-corrected chi connectivity index (χ3v) is 3.22. The van der Waals surface area contributed by atoms with E-state index < -0.39 is 0 Å². The van der Waals surface area contributed by atoms with Crippen molar-refractivity contribution < 1.29 is 4.79 Å². The van der Waals surface area contributed by atoms with Crippen LogP contribution < -0.4 is 0 Å². The van der Waals surface area contributed by atoms with E-state index in [-0.39, 0.29) is 11.8 Å². The lowest BCUT2D eigenvalue weighted by Gasteiger charge is -2.19. The Morgan fingerprint density at radius 1 is 1.22 bits per heavy atom. The van der Waals surface area contributed by atoms with Crippen molar-refractivity contribution in [1.29, 1.82) is 0 Å². The number of amides is 1. The highest BCUT2D eigenvalue weighted by Crippen LogP contribution is 2.08. The summed E-state index contributed by atoms with van der Waals surface area (Å²) >= 11 is 0. The summed E-state index contributed by atoms with van der Waals surface area (Å²) in [6.45, 7) is 11.2. The Balaban J connectivity index is 4.12. The van der Waals surface area contributed by atoms with Crippen molar-refractivity contribution in [2.24, 2.45) is 5.92 Å². The minimum Gasteiger partial charge on any atom is -0.342 e. The molecule has 0 rings (SSSR count). The topological polar surface area (TPSA) is 20.3 Å². The third-order valence-electron chi connectivity index (χ3n) is 3.22. The Morgan fingerprint density at radius 3 is 2.33 bits per heavy atom. The zero-order valence-corrected chi connectivity index (χ0v) is 12.9. The number of nitrogens with zero attached hydrogens (tertiary/aromatic N) is 1. The van der Waals surface area contributed by atoms with Gasteiger partial charge in [0.25, 0.3) is 0 Å². The van der Waals surface area contributed by atoms with Crippen molar-refractivity contribution in [3.63, 3.8) is 0 Å². The fourth-order valence-electron chi connectivity index (χ4n) is 1.62. The molecule has 0 aliphatic rings. The summed E-state index contributed by atoms with van der Waals surface area (Å²) in [5.74, 6) is 0.375. The van der Waals surface area contributed by atoms with Crippen LogP contribution in [0.15, 0.2) is 23.3 Å². The lowest BCUT2D eigenvalue weighted by molar-refractivity contribution is -0.133. The molecule has 0 N–H and O–H groups in total. The normalized spacial score (nSPS) is 13.1. The molecule has 2 nitrogen and oxygen atoms in total. The largest absolute Gasteiger partial charge is 0.342 e. The molecular formula is C16H29NO. The minimum atomic E-state index is 0.134. The summed E-state index contributed by atoms with van der Waals surface area (Å²) in [5, 5.41) is 0. The number of likely N-dealkylation sites (N-methyl/N-ethyl adjacent to an activating group) is 1. The van der Waals surface area contributed by atoms with E-state index >= 15 is 0 Å². The summed E-state index contributed by atoms with van der Waals surface area (Å²) in [4.78, 5) is 13.7. The van der Waals surface area contributed by atoms with Gasteiger partial charge >= 0.3 is 0 Å². The van der Waals surface area contributed by atoms with Crippen molar-refractivity contribution in [3.8, 4) is 0 Å². The number of carbonyl (C=O) groups excluding carboxylic acids is 1. The number of hydrogen-bond donors (Lipinski definition) is 0. The molecule has 0 aromatic carbocycles. The van der Waals surface area contributed by atoms with E-state index in [1.165, 1.54) is 11.1 Å². The summed E-state index contributed by atoms with van der Waals surface area (Å²) in [5.41, 5.74) is 2.73. The van der Waals surface area contributed by atoms with Crippen LogP contribution in [0.25, 0.3) is 0 Å². The number of allylic oxidation sites excluding steroid dienone is 3. The second-order valence-electron chi connectivity index (χ2n) is 5.40. The molecule has 0 radical (unpaired) electrons. The predicted octanol–water partition coefficient (Wildman–Crippen LogP) is 4.18. The van der Waals surface area contributed by atoms with E-state index in [1.807, 2.05) is 18.9 Å². The molecular weight excluding hydrogens is 222 g/mol. The first-order valence-corrected chi connectivity index (χ1v) is 6.92. The first-order valence-electron chi connectivity index (χ1n) is 6.92. The molecule has 0 aromatic heterocycles. The van der Waals surface area contributed by atoms with Gasteiger partial charge in [-0.1, -0.05) is 37.1 Å². The highest BCUT2D eigenvalue weighted by Gasteiger charge is 2.14. The first-order chi connectivity index (χ1) is 8.38. The molecule has 18 heavy (non-hydrogen) atoms. The van der Waals surface area contributed by atoms with Gasteiger partial charge in [0.05, 0.1) is 0 Å². The lowest BCUT2D eigenvalue weighted by atomic mass is 10.1. The average Bonchev–Trinajstić information content (AvgIpc) is 2.33. The van der Waals surface area contributed by atoms with Crippen LogP contribution in [0.1, 0.15) is 53.9 Å². The van der Waals surface area contributed by atoms with Gasteiger partial charge in [0, 0.05) is 19.5 Å². The van der Waals surface area contributed by atoms with E-state index in [1.54, 1.807) is 0 Å². The molecule has 2 heteroatoms. The minimum absolute atomic E-state index is 0.134. The van der Waals surface area contributed by atoms with E-state index in [9.17, 15) is 4.79 Å². The van der Waals surface area contributed by atoms with E-state index in [0.29, 0.717) is 0 Å². The number of carbonyl (C=O) groups is 1. The second-order valence-corrected chi connectivity index (χ2v) is 5.40. The summed E-state index contributed by atoms with van der Waals surface area (Å²) in [7, 11) is 1.88. The molecule has 0 fully saturated rings. The van der Waals surface area contributed by atoms with Gasteiger partial charge in [0.1, 0.15) is 0 Å². The zero-order valence-electron chi connectivity index (χ0n) is 12.9. The van der Waals surface area contributed by atoms with Crippen LogP contribution in [-0.2, 0) is 4.79 Å². The van der Waals surface area contributed by atoms with Crippen molar-refractivity contribution in [3.05, 3.63) is 23.3 Å². The van der Waals surface area contributed by atoms with Crippen LogP contribution in [0.4, 0.5) is 0 Å². The Hall–Kier alpha value is -1.05. The molecule has 1 unspecified atom stereocenters. The monoisotopic (exact) mass is 251 g/mol. The van der Waals surface area contributed by atoms with Gasteiger partial charge in [0.2, 0.25) is 5.91 Å². The number of hydrogen-bond acceptors (Lipinski definition) is 1. The predicted molar refractivity (Wildman–Crippen MR) is 79.5 cm³/mol. The van der Waals surface area contributed by atoms with Crippen LogP contribution in [0, 0.1) is 5.92 Å². The van der Waals surface area contributed by atoms with Crippen molar-refractivity contribution >= 4 is 5.91 Å². The Labute approximate surface area is 113 Å². The standard InChI is InChI=1S/C16H29NO/c1-7-15(5)16(18)17(6)12-11-14(4)10-8-9-13(2)3/h9,11,15H,7-8,10,12H2,1-6H3. The molecule has 0 saturated carbocycles. The lowest BCUT2D eigenvalue weighted by Crippen LogP contribution is -2.31. The second kappa shape index (κ2) is 8.96. The van der Waals surface area contributed by atoms with Crippen LogP contribution in [0.3, 0.4) is 0 Å². The molecule has 0 bridgehead atoms. The van der Waals surface area contributed by atoms with E-state index in [2.05, 4.69) is 39.8 Å². The molecule has 0 heterocycles. The smallest absolute Gasteiger partial charge is 0.225 e. The van der Waals surface area contributed by atoms with Gasteiger partial charge in [-0.2, -0.15) is 0 Å². The molecule has 104 valence electrons. The molecule has 0 aliphatic heterocycles. The van der Waals surface area contributed by atoms with Gasteiger partial charge < -0.3 is 4.90 Å². The van der Waals surface area contributed by atoms with Crippen LogP contribution >= 0.6 is 0 Å². The molecule has 0 saturated heterocycles. The Kier molecular flexibility index (Phi) is 8.43. The highest BCUT2D eigenvalue weighted by molar-refractivity contribution is 5.78. The van der Waals surface area contributed by atoms with Gasteiger partial charge in [-0.25, -0.2) is 0 Å². The van der Waals surface area contributed by atoms with Gasteiger partial charge in [-0.15, -0.1) is 0 Å². The van der Waals surface area contributed by atoms with E-state index in [4.69, 9.17) is 0 Å². The van der Waals surface area contributed by atoms with Crippen molar-refractivity contribution in [1.82, 2.24) is 4.90 Å². The Bertz CT molecular complexity index is 311. The summed E-state index contributed by atoms with van der Waals surface area (Å²) in [6.07, 6.45) is 7.50. The van der Waals surface area contributed by atoms with Crippen molar-refractivity contribution in [2.75, 3.05) is 13.6 Å². The van der Waals surface area contributed by atoms with E-state index in [0.717, 1.165) is 25.8 Å². The maximum atomic E-state index is 11.9. The average molecular weight is 251 g/mol. The summed E-state index contributed by atoms with van der Waals surface area (Å²) < 4.78 is 0. The Morgan fingerprint density at radius 2 is 1.83 bits per heavy atom. The molecule has 1 atom stereocenters. The van der Waals surface area contributed by atoms with Gasteiger partial charge in [-0.05, 0) is 40.0 Å². The molecule has 0 aromatic rings. The molecule has 0 spiro atoms. The summed E-state index contributed by atoms with van der Waals surface area (Å²) in [6, 6.07) is 0. The van der Waals surface area contributed by atoms with Gasteiger partial charge in [0.15, 0.2) is 0 Å². The van der Waals surface area contributed by atoms with Crippen molar-refractivity contribution in [2.45, 2.75) is 53.9 Å². The van der Waals surface area contributed by atoms with Crippen LogP contribution in [0.5, 0.6) is 0 Å². The maximum absolute atomic E-state index is 11.9.